The van der Waals surface area contributed by atoms with Gasteiger partial charge in [-0.05, 0) is 50.1 Å². The predicted octanol–water partition coefficient (Wildman–Crippen LogP) is 3.23. The van der Waals surface area contributed by atoms with E-state index in [1.165, 1.54) is 42.0 Å². The monoisotopic (exact) mass is 221 g/mol. The van der Waals surface area contributed by atoms with Crippen molar-refractivity contribution in [2.24, 2.45) is 0 Å². The third-order valence-corrected chi connectivity index (χ3v) is 3.94. The summed E-state index contributed by atoms with van der Waals surface area (Å²) < 4.78 is 0. The lowest BCUT2D eigenvalue weighted by molar-refractivity contribution is 0.674. The van der Waals surface area contributed by atoms with Gasteiger partial charge in [0, 0.05) is 10.9 Å². The maximum atomic E-state index is 3.54. The van der Waals surface area contributed by atoms with Gasteiger partial charge >= 0.3 is 0 Å². The van der Waals surface area contributed by atoms with E-state index in [9.17, 15) is 0 Å². The minimum absolute atomic E-state index is 0.855. The van der Waals surface area contributed by atoms with Crippen LogP contribution in [-0.4, -0.2) is 18.3 Å². The Kier molecular flexibility index (Phi) is 4.09. The summed E-state index contributed by atoms with van der Waals surface area (Å²) in [4.78, 5) is 1.43. The van der Waals surface area contributed by atoms with Gasteiger partial charge in [-0.3, -0.25) is 0 Å². The van der Waals surface area contributed by atoms with Crippen molar-refractivity contribution >= 4 is 11.8 Å². The van der Waals surface area contributed by atoms with E-state index in [0.717, 1.165) is 6.04 Å². The van der Waals surface area contributed by atoms with Crippen LogP contribution in [0.4, 0.5) is 0 Å². The maximum absolute atomic E-state index is 3.54. The predicted molar refractivity (Wildman–Crippen MR) is 67.5 cm³/mol. The molecule has 0 aromatic heterocycles. The third kappa shape index (κ3) is 3.88. The molecular formula is C13H19NS. The largest absolute Gasteiger partial charge is 0.314 e. The summed E-state index contributed by atoms with van der Waals surface area (Å²) >= 11 is 1.98. The molecule has 1 saturated carbocycles. The van der Waals surface area contributed by atoms with Gasteiger partial charge in [0.15, 0.2) is 0 Å². The van der Waals surface area contributed by atoms with Crippen molar-refractivity contribution in [2.75, 3.05) is 12.3 Å². The zero-order valence-corrected chi connectivity index (χ0v) is 10.1. The lowest BCUT2D eigenvalue weighted by Crippen LogP contribution is -2.17. The fourth-order valence-electron chi connectivity index (χ4n) is 1.57. The second kappa shape index (κ2) is 5.57. The molecule has 1 fully saturated rings. The molecule has 1 aromatic carbocycles. The second-order valence-electron chi connectivity index (χ2n) is 4.20. The molecule has 0 amide bonds. The van der Waals surface area contributed by atoms with Gasteiger partial charge in [0.25, 0.3) is 0 Å². The summed E-state index contributed by atoms with van der Waals surface area (Å²) in [7, 11) is 0. The molecule has 82 valence electrons. The summed E-state index contributed by atoms with van der Waals surface area (Å²) in [5.41, 5.74) is 1.40. The Hall–Kier alpha value is -0.470. The molecule has 0 atom stereocenters. The molecule has 2 rings (SSSR count). The van der Waals surface area contributed by atoms with E-state index in [1.54, 1.807) is 0 Å². The summed E-state index contributed by atoms with van der Waals surface area (Å²) in [6.45, 7) is 3.37. The molecule has 0 aliphatic heterocycles. The molecule has 1 aliphatic rings. The summed E-state index contributed by atoms with van der Waals surface area (Å²) in [5.74, 6) is 1.23. The standard InChI is InChI=1S/C13H19NS/c1-11-5-2-3-6-13(11)15-10-4-9-14-12-7-8-12/h2-3,5-6,12,14H,4,7-10H2,1H3. The van der Waals surface area contributed by atoms with E-state index >= 15 is 0 Å². The van der Waals surface area contributed by atoms with Crippen LogP contribution < -0.4 is 5.32 Å². The Morgan fingerprint density at radius 1 is 1.33 bits per heavy atom. The van der Waals surface area contributed by atoms with Crippen LogP contribution in [0.15, 0.2) is 29.2 Å². The topological polar surface area (TPSA) is 12.0 Å². The molecule has 2 heteroatoms. The van der Waals surface area contributed by atoms with Gasteiger partial charge in [-0.15, -0.1) is 11.8 Å². The zero-order valence-electron chi connectivity index (χ0n) is 9.33. The molecule has 15 heavy (non-hydrogen) atoms. The number of nitrogens with one attached hydrogen (secondary N) is 1. The van der Waals surface area contributed by atoms with Gasteiger partial charge in [-0.1, -0.05) is 18.2 Å². The minimum Gasteiger partial charge on any atom is -0.314 e. The lowest BCUT2D eigenvalue weighted by atomic mass is 10.2. The Labute approximate surface area is 96.7 Å². The Bertz CT molecular complexity index is 307. The first kappa shape index (κ1) is 11.0. The van der Waals surface area contributed by atoms with E-state index in [-0.39, 0.29) is 0 Å². The van der Waals surface area contributed by atoms with Crippen molar-refractivity contribution in [2.45, 2.75) is 37.1 Å². The van der Waals surface area contributed by atoms with E-state index in [2.05, 4.69) is 36.5 Å². The zero-order chi connectivity index (χ0) is 10.5. The average Bonchev–Trinajstić information content (AvgIpc) is 3.04. The number of rotatable bonds is 6. The fraction of sp³-hybridized carbons (Fsp3) is 0.538. The molecule has 1 nitrogen and oxygen atoms in total. The smallest absolute Gasteiger partial charge is 0.0101 e. The molecular weight excluding hydrogens is 202 g/mol. The first-order valence-electron chi connectivity index (χ1n) is 5.78. The lowest BCUT2D eigenvalue weighted by Gasteiger charge is -2.05. The van der Waals surface area contributed by atoms with Crippen molar-refractivity contribution in [3.63, 3.8) is 0 Å². The van der Waals surface area contributed by atoms with Gasteiger partial charge in [-0.25, -0.2) is 0 Å². The van der Waals surface area contributed by atoms with Crippen LogP contribution in [0.1, 0.15) is 24.8 Å². The van der Waals surface area contributed by atoms with Crippen molar-refractivity contribution in [3.8, 4) is 0 Å². The molecule has 0 heterocycles. The maximum Gasteiger partial charge on any atom is 0.0101 e. The normalized spacial score (nSPS) is 15.5. The Morgan fingerprint density at radius 2 is 2.13 bits per heavy atom. The summed E-state index contributed by atoms with van der Waals surface area (Å²) in [5, 5.41) is 3.54. The highest BCUT2D eigenvalue weighted by Gasteiger charge is 2.19. The average molecular weight is 221 g/mol. The Morgan fingerprint density at radius 3 is 2.87 bits per heavy atom. The fourth-order valence-corrected chi connectivity index (χ4v) is 2.55. The molecule has 1 N–H and O–H groups in total. The van der Waals surface area contributed by atoms with Crippen molar-refractivity contribution < 1.29 is 0 Å². The number of thioether (sulfide) groups is 1. The molecule has 0 bridgehead atoms. The van der Waals surface area contributed by atoms with Crippen molar-refractivity contribution in [1.29, 1.82) is 0 Å². The van der Waals surface area contributed by atoms with Gasteiger partial charge in [0.1, 0.15) is 0 Å². The van der Waals surface area contributed by atoms with Crippen LogP contribution in [0.3, 0.4) is 0 Å². The highest BCUT2D eigenvalue weighted by Crippen LogP contribution is 2.22. The number of hydrogen-bond acceptors (Lipinski definition) is 2. The number of aryl methyl sites for hydroxylation is 1. The first-order valence-corrected chi connectivity index (χ1v) is 6.76. The van der Waals surface area contributed by atoms with Crippen LogP contribution in [-0.2, 0) is 0 Å². The van der Waals surface area contributed by atoms with Crippen LogP contribution in [0, 0.1) is 6.92 Å². The highest BCUT2D eigenvalue weighted by molar-refractivity contribution is 7.99. The van der Waals surface area contributed by atoms with Gasteiger partial charge in [0.05, 0.1) is 0 Å². The molecule has 0 radical (unpaired) electrons. The van der Waals surface area contributed by atoms with Gasteiger partial charge in [-0.2, -0.15) is 0 Å². The van der Waals surface area contributed by atoms with Crippen molar-refractivity contribution in [1.82, 2.24) is 5.32 Å². The molecule has 1 aliphatic carbocycles. The molecule has 0 spiro atoms. The number of hydrogen-bond donors (Lipinski definition) is 1. The van der Waals surface area contributed by atoms with Crippen LogP contribution in [0.5, 0.6) is 0 Å². The summed E-state index contributed by atoms with van der Waals surface area (Å²) in [6.07, 6.45) is 4.06. The van der Waals surface area contributed by atoms with E-state index < -0.39 is 0 Å². The van der Waals surface area contributed by atoms with E-state index in [0.29, 0.717) is 0 Å². The van der Waals surface area contributed by atoms with Crippen LogP contribution >= 0.6 is 11.8 Å². The van der Waals surface area contributed by atoms with Gasteiger partial charge in [0.2, 0.25) is 0 Å². The SMILES string of the molecule is Cc1ccccc1SCCCNC1CC1. The first-order chi connectivity index (χ1) is 7.36. The van der Waals surface area contributed by atoms with E-state index in [4.69, 9.17) is 0 Å². The number of benzene rings is 1. The third-order valence-electron chi connectivity index (χ3n) is 2.68. The summed E-state index contributed by atoms with van der Waals surface area (Å²) in [6, 6.07) is 9.48. The van der Waals surface area contributed by atoms with Crippen LogP contribution in [0.2, 0.25) is 0 Å². The molecule has 0 saturated heterocycles. The Balaban J connectivity index is 1.62. The molecule has 1 aromatic rings. The quantitative estimate of drug-likeness (QED) is 0.584. The van der Waals surface area contributed by atoms with Crippen LogP contribution in [0.25, 0.3) is 0 Å². The minimum atomic E-state index is 0.855. The van der Waals surface area contributed by atoms with Gasteiger partial charge < -0.3 is 5.32 Å². The molecule has 0 unspecified atom stereocenters. The van der Waals surface area contributed by atoms with E-state index in [1.807, 2.05) is 11.8 Å². The second-order valence-corrected chi connectivity index (χ2v) is 5.33. The van der Waals surface area contributed by atoms with Crippen molar-refractivity contribution in [3.05, 3.63) is 29.8 Å². The highest BCUT2D eigenvalue weighted by atomic mass is 32.2.